The summed E-state index contributed by atoms with van der Waals surface area (Å²) in [6.07, 6.45) is -5.11. The van der Waals surface area contributed by atoms with Gasteiger partial charge in [0.2, 0.25) is 5.91 Å². The van der Waals surface area contributed by atoms with Gasteiger partial charge in [0, 0.05) is 13.0 Å². The number of benzene rings is 1. The third kappa shape index (κ3) is 5.19. The first-order valence-corrected chi connectivity index (χ1v) is 8.61. The second kappa shape index (κ2) is 9.20. The van der Waals surface area contributed by atoms with Gasteiger partial charge in [0.1, 0.15) is 18.3 Å². The van der Waals surface area contributed by atoms with Gasteiger partial charge in [-0.1, -0.05) is 37.3 Å². The van der Waals surface area contributed by atoms with Crippen LogP contribution >= 0.6 is 0 Å². The smallest absolute Gasteiger partial charge is 0.256 e. The van der Waals surface area contributed by atoms with Crippen LogP contribution in [0.3, 0.4) is 0 Å². The van der Waals surface area contributed by atoms with Crippen LogP contribution in [0.1, 0.15) is 25.3 Å². The minimum Gasteiger partial charge on any atom is -0.388 e. The van der Waals surface area contributed by atoms with E-state index in [1.54, 1.807) is 6.92 Å². The van der Waals surface area contributed by atoms with Crippen molar-refractivity contribution in [3.8, 4) is 0 Å². The van der Waals surface area contributed by atoms with Crippen LogP contribution in [0.2, 0.25) is 0 Å². The normalized spacial score (nSPS) is 27.4. The second-order valence-corrected chi connectivity index (χ2v) is 6.37. The number of hydrogen-bond acceptors (Lipinski definition) is 3. The van der Waals surface area contributed by atoms with Crippen LogP contribution in [0, 0.1) is 0 Å². The molecule has 2 N–H and O–H groups in total. The molecule has 4 unspecified atom stereocenters. The number of hydrogen-bond donors (Lipinski definition) is 2. The van der Waals surface area contributed by atoms with E-state index in [2.05, 4.69) is 5.32 Å². The Morgan fingerprint density at radius 2 is 2.04 bits per heavy atom. The number of aryl methyl sites for hydroxylation is 1. The molecule has 0 bridgehead atoms. The zero-order chi connectivity index (χ0) is 18.4. The van der Waals surface area contributed by atoms with Crippen LogP contribution in [0.15, 0.2) is 30.3 Å². The van der Waals surface area contributed by atoms with Gasteiger partial charge in [-0.2, -0.15) is 0 Å². The summed E-state index contributed by atoms with van der Waals surface area (Å²) in [6, 6.07) is 7.10. The van der Waals surface area contributed by atoms with Crippen molar-refractivity contribution in [1.29, 1.82) is 0 Å². The highest BCUT2D eigenvalue weighted by Crippen LogP contribution is 2.26. The predicted octanol–water partition coefficient (Wildman–Crippen LogP) is 2.16. The molecule has 0 spiro atoms. The third-order valence-corrected chi connectivity index (χ3v) is 4.59. The summed E-state index contributed by atoms with van der Waals surface area (Å²) in [6.45, 7) is 1.89. The van der Waals surface area contributed by atoms with Crippen molar-refractivity contribution >= 4 is 5.91 Å². The second-order valence-electron chi connectivity index (χ2n) is 6.37. The molecule has 1 aliphatic rings. The third-order valence-electron chi connectivity index (χ3n) is 4.59. The van der Waals surface area contributed by atoms with Crippen molar-refractivity contribution < 1.29 is 23.1 Å². The van der Waals surface area contributed by atoms with Crippen LogP contribution in [0.4, 0.5) is 13.2 Å². The maximum Gasteiger partial charge on any atom is 0.256 e. The van der Waals surface area contributed by atoms with Crippen LogP contribution in [-0.4, -0.2) is 59.8 Å². The van der Waals surface area contributed by atoms with Crippen molar-refractivity contribution in [1.82, 2.24) is 10.2 Å². The number of carbonyl (C=O) groups is 1. The van der Waals surface area contributed by atoms with Crippen molar-refractivity contribution in [2.75, 3.05) is 13.1 Å². The van der Waals surface area contributed by atoms with Crippen molar-refractivity contribution in [2.24, 2.45) is 0 Å². The summed E-state index contributed by atoms with van der Waals surface area (Å²) in [5.74, 6) is -0.361. The number of aliphatic hydroxyl groups is 1. The van der Waals surface area contributed by atoms with E-state index in [1.165, 1.54) is 4.90 Å². The fourth-order valence-corrected chi connectivity index (χ4v) is 3.23. The summed E-state index contributed by atoms with van der Waals surface area (Å²) in [5.41, 5.74) is 1.09. The molecule has 25 heavy (non-hydrogen) atoms. The minimum absolute atomic E-state index is 0.0340. The molecule has 0 aliphatic carbocycles. The zero-order valence-electron chi connectivity index (χ0n) is 14.2. The quantitative estimate of drug-likeness (QED) is 0.785. The molecule has 1 fully saturated rings. The monoisotopic (exact) mass is 358 g/mol. The number of alkyl halides is 3. The number of likely N-dealkylation sites (tertiary alicyclic amines) is 1. The minimum atomic E-state index is -2.85. The summed E-state index contributed by atoms with van der Waals surface area (Å²) in [4.78, 5) is 12.9. The molecule has 0 saturated carbocycles. The van der Waals surface area contributed by atoms with Gasteiger partial charge >= 0.3 is 0 Å². The average Bonchev–Trinajstić information content (AvgIpc) is 2.59. The van der Waals surface area contributed by atoms with E-state index >= 15 is 0 Å². The summed E-state index contributed by atoms with van der Waals surface area (Å²) < 4.78 is 41.0. The molecule has 2 rings (SSSR count). The Morgan fingerprint density at radius 3 is 2.64 bits per heavy atom. The molecule has 1 aromatic carbocycles. The lowest BCUT2D eigenvalue weighted by atomic mass is 9.92. The maximum atomic E-state index is 14.3. The van der Waals surface area contributed by atoms with E-state index in [9.17, 15) is 23.1 Å². The zero-order valence-corrected chi connectivity index (χ0v) is 14.2. The number of aliphatic hydroxyl groups excluding tert-OH is 1. The number of carbonyl (C=O) groups excluding carboxylic acids is 1. The Hall–Kier alpha value is -1.60. The lowest BCUT2D eigenvalue weighted by molar-refractivity contribution is -0.130. The van der Waals surface area contributed by atoms with Gasteiger partial charge in [0.05, 0.1) is 6.04 Å². The first-order chi connectivity index (χ1) is 11.9. The number of piperidine rings is 1. The van der Waals surface area contributed by atoms with Crippen molar-refractivity contribution in [2.45, 2.75) is 57.0 Å². The Balaban J connectivity index is 2.01. The molecule has 0 radical (unpaired) electrons. The molecule has 1 aromatic rings. The van der Waals surface area contributed by atoms with Gasteiger partial charge in [-0.25, -0.2) is 13.2 Å². The Kier molecular flexibility index (Phi) is 7.25. The standard InChI is InChI=1S/C18H25F3N2O2/c1-2-14(24)22-13-11-23(16(18(20)21)17(25)15(13)19)10-6-9-12-7-4-3-5-8-12/h3-5,7-8,13,15-18,25H,2,6,9-11H2,1H3,(H,22,24). The fourth-order valence-electron chi connectivity index (χ4n) is 3.23. The number of nitrogens with zero attached hydrogens (tertiary/aromatic N) is 1. The molecule has 1 amide bonds. The highest BCUT2D eigenvalue weighted by molar-refractivity contribution is 5.76. The largest absolute Gasteiger partial charge is 0.388 e. The van der Waals surface area contributed by atoms with Gasteiger partial charge in [-0.15, -0.1) is 0 Å². The van der Waals surface area contributed by atoms with Crippen molar-refractivity contribution in [3.05, 3.63) is 35.9 Å². The average molecular weight is 358 g/mol. The van der Waals surface area contributed by atoms with Crippen LogP contribution in [0.5, 0.6) is 0 Å². The fraction of sp³-hybridized carbons (Fsp3) is 0.611. The van der Waals surface area contributed by atoms with E-state index in [0.29, 0.717) is 19.4 Å². The molecular weight excluding hydrogens is 333 g/mol. The maximum absolute atomic E-state index is 14.3. The van der Waals surface area contributed by atoms with Crippen LogP contribution in [0.25, 0.3) is 0 Å². The lowest BCUT2D eigenvalue weighted by Gasteiger charge is -2.44. The molecule has 0 aromatic heterocycles. The number of halogens is 3. The van der Waals surface area contributed by atoms with Gasteiger partial charge < -0.3 is 10.4 Å². The first kappa shape index (κ1) is 19.7. The van der Waals surface area contributed by atoms with Crippen molar-refractivity contribution in [3.63, 3.8) is 0 Å². The van der Waals surface area contributed by atoms with Gasteiger partial charge in [-0.3, -0.25) is 9.69 Å². The van der Waals surface area contributed by atoms with E-state index < -0.39 is 30.8 Å². The number of rotatable bonds is 7. The van der Waals surface area contributed by atoms with Crippen LogP contribution in [-0.2, 0) is 11.2 Å². The Bertz CT molecular complexity index is 544. The SMILES string of the molecule is CCC(=O)NC1CN(CCCc2ccccc2)C(C(F)F)C(O)C1F. The summed E-state index contributed by atoms with van der Waals surface area (Å²) in [5, 5.41) is 12.5. The van der Waals surface area contributed by atoms with E-state index in [4.69, 9.17) is 0 Å². The molecule has 7 heteroatoms. The lowest BCUT2D eigenvalue weighted by Crippen LogP contribution is -2.66. The van der Waals surface area contributed by atoms with E-state index in [-0.39, 0.29) is 18.9 Å². The molecule has 1 heterocycles. The van der Waals surface area contributed by atoms with E-state index in [0.717, 1.165) is 5.56 Å². The molecule has 1 aliphatic heterocycles. The Labute approximate surface area is 146 Å². The Morgan fingerprint density at radius 1 is 1.36 bits per heavy atom. The van der Waals surface area contributed by atoms with E-state index in [1.807, 2.05) is 30.3 Å². The molecule has 140 valence electrons. The molecule has 4 atom stereocenters. The topological polar surface area (TPSA) is 52.6 Å². The number of nitrogens with one attached hydrogen (secondary N) is 1. The molecule has 1 saturated heterocycles. The molecule has 4 nitrogen and oxygen atoms in total. The first-order valence-electron chi connectivity index (χ1n) is 8.61. The number of amides is 1. The van der Waals surface area contributed by atoms with Gasteiger partial charge in [0.25, 0.3) is 6.43 Å². The summed E-state index contributed by atoms with van der Waals surface area (Å²) >= 11 is 0. The van der Waals surface area contributed by atoms with Gasteiger partial charge in [0.15, 0.2) is 0 Å². The highest BCUT2D eigenvalue weighted by atomic mass is 19.3. The van der Waals surface area contributed by atoms with Gasteiger partial charge in [-0.05, 0) is 24.9 Å². The predicted molar refractivity (Wildman–Crippen MR) is 89.3 cm³/mol. The van der Waals surface area contributed by atoms with Crippen LogP contribution < -0.4 is 5.32 Å². The highest BCUT2D eigenvalue weighted by Gasteiger charge is 2.47. The summed E-state index contributed by atoms with van der Waals surface area (Å²) in [7, 11) is 0. The molecular formula is C18H25F3N2O2.